The molecule has 0 radical (unpaired) electrons. The van der Waals surface area contributed by atoms with Crippen LogP contribution in [-0.4, -0.2) is 42.3 Å². The van der Waals surface area contributed by atoms with Crippen LogP contribution in [0, 0.1) is 5.92 Å². The molecule has 1 aliphatic rings. The molecule has 3 atom stereocenters. The number of hydrogen-bond acceptors (Lipinski definition) is 4. The molecule has 3 unspecified atom stereocenters. The number of hydrogen-bond donors (Lipinski definition) is 1. The molecule has 1 amide bonds. The second kappa shape index (κ2) is 9.40. The highest BCUT2D eigenvalue weighted by Gasteiger charge is 2.31. The fourth-order valence-electron chi connectivity index (χ4n) is 2.91. The van der Waals surface area contributed by atoms with Crippen molar-refractivity contribution in [1.29, 1.82) is 0 Å². The summed E-state index contributed by atoms with van der Waals surface area (Å²) in [6.07, 6.45) is 2.09. The number of piperidine rings is 1. The van der Waals surface area contributed by atoms with Gasteiger partial charge in [-0.25, -0.2) is 0 Å². The van der Waals surface area contributed by atoms with E-state index in [0.29, 0.717) is 12.5 Å². The summed E-state index contributed by atoms with van der Waals surface area (Å²) in [6, 6.07) is 8.02. The highest BCUT2D eigenvalue weighted by molar-refractivity contribution is 8.00. The lowest BCUT2D eigenvalue weighted by Crippen LogP contribution is -2.51. The van der Waals surface area contributed by atoms with E-state index >= 15 is 0 Å². The van der Waals surface area contributed by atoms with Crippen LogP contribution in [0.25, 0.3) is 0 Å². The summed E-state index contributed by atoms with van der Waals surface area (Å²) in [4.78, 5) is 15.8. The van der Waals surface area contributed by atoms with Crippen LogP contribution in [-0.2, 0) is 4.79 Å². The highest BCUT2D eigenvalue weighted by atomic mass is 35.5. The number of rotatable bonds is 5. The first-order valence-corrected chi connectivity index (χ1v) is 8.74. The Bertz CT molecular complexity index is 498. The van der Waals surface area contributed by atoms with Crippen LogP contribution in [0.2, 0.25) is 0 Å². The summed E-state index contributed by atoms with van der Waals surface area (Å²) in [5.74, 6) is 1.68. The number of thioether (sulfide) groups is 1. The zero-order valence-electron chi connectivity index (χ0n) is 14.0. The van der Waals surface area contributed by atoms with Gasteiger partial charge >= 0.3 is 0 Å². The van der Waals surface area contributed by atoms with Gasteiger partial charge in [0.1, 0.15) is 5.75 Å². The van der Waals surface area contributed by atoms with Crippen molar-refractivity contribution in [2.75, 3.05) is 20.2 Å². The van der Waals surface area contributed by atoms with Gasteiger partial charge in [0, 0.05) is 24.0 Å². The Morgan fingerprint density at radius 2 is 2.09 bits per heavy atom. The summed E-state index contributed by atoms with van der Waals surface area (Å²) in [5.41, 5.74) is 5.86. The Labute approximate surface area is 149 Å². The number of amides is 1. The average molecular weight is 359 g/mol. The Morgan fingerprint density at radius 3 is 2.65 bits per heavy atom. The SMILES string of the molecule is COc1ccc(SC(C)C(=O)N2CCC(C)CC2CN)cc1.Cl. The monoisotopic (exact) mass is 358 g/mol. The lowest BCUT2D eigenvalue weighted by atomic mass is 9.92. The van der Waals surface area contributed by atoms with E-state index in [1.165, 1.54) is 0 Å². The van der Waals surface area contributed by atoms with Gasteiger partial charge in [-0.3, -0.25) is 4.79 Å². The third-order valence-electron chi connectivity index (χ3n) is 4.25. The number of methoxy groups -OCH3 is 1. The number of likely N-dealkylation sites (tertiary alicyclic amines) is 1. The quantitative estimate of drug-likeness (QED) is 0.821. The second-order valence-corrected chi connectivity index (χ2v) is 7.40. The molecule has 4 nitrogen and oxygen atoms in total. The lowest BCUT2D eigenvalue weighted by Gasteiger charge is -2.39. The summed E-state index contributed by atoms with van der Waals surface area (Å²) in [5, 5.41) is -0.101. The van der Waals surface area contributed by atoms with Crippen LogP contribution in [0.15, 0.2) is 29.2 Å². The fourth-order valence-corrected chi connectivity index (χ4v) is 3.85. The maximum atomic E-state index is 12.7. The third-order valence-corrected chi connectivity index (χ3v) is 5.35. The standard InChI is InChI=1S/C17H26N2O2S.ClH/c1-12-8-9-19(14(10-12)11-18)17(20)13(2)22-16-6-4-15(21-3)5-7-16;/h4-7,12-14H,8-11,18H2,1-3H3;1H. The Morgan fingerprint density at radius 1 is 1.43 bits per heavy atom. The van der Waals surface area contributed by atoms with Gasteiger partial charge < -0.3 is 15.4 Å². The molecule has 1 aliphatic heterocycles. The Kier molecular flexibility index (Phi) is 8.23. The van der Waals surface area contributed by atoms with E-state index in [2.05, 4.69) is 6.92 Å². The summed E-state index contributed by atoms with van der Waals surface area (Å²) < 4.78 is 5.16. The molecular weight excluding hydrogens is 332 g/mol. The Balaban J connectivity index is 0.00000264. The maximum absolute atomic E-state index is 12.7. The molecule has 2 rings (SSSR count). The number of nitrogens with zero attached hydrogens (tertiary/aromatic N) is 1. The van der Waals surface area contributed by atoms with Gasteiger partial charge in [0.2, 0.25) is 5.91 Å². The number of ether oxygens (including phenoxy) is 1. The fraction of sp³-hybridized carbons (Fsp3) is 0.588. The molecular formula is C17H27ClN2O2S. The maximum Gasteiger partial charge on any atom is 0.236 e. The van der Waals surface area contributed by atoms with Gasteiger partial charge in [-0.05, 0) is 49.9 Å². The van der Waals surface area contributed by atoms with Crippen molar-refractivity contribution in [2.45, 2.75) is 42.9 Å². The van der Waals surface area contributed by atoms with Crippen molar-refractivity contribution in [3.63, 3.8) is 0 Å². The minimum Gasteiger partial charge on any atom is -0.497 e. The van der Waals surface area contributed by atoms with E-state index in [0.717, 1.165) is 30.0 Å². The van der Waals surface area contributed by atoms with Crippen LogP contribution in [0.3, 0.4) is 0 Å². The first-order valence-electron chi connectivity index (χ1n) is 7.86. The number of halogens is 1. The number of carbonyl (C=O) groups is 1. The van der Waals surface area contributed by atoms with Crippen molar-refractivity contribution < 1.29 is 9.53 Å². The Hall–Kier alpha value is -0.910. The lowest BCUT2D eigenvalue weighted by molar-refractivity contribution is -0.134. The minimum absolute atomic E-state index is 0. The molecule has 23 heavy (non-hydrogen) atoms. The molecule has 0 saturated carbocycles. The van der Waals surface area contributed by atoms with Gasteiger partial charge in [-0.1, -0.05) is 6.92 Å². The van der Waals surface area contributed by atoms with Gasteiger partial charge in [0.15, 0.2) is 0 Å². The van der Waals surface area contributed by atoms with Crippen molar-refractivity contribution in [3.8, 4) is 5.75 Å². The van der Waals surface area contributed by atoms with Crippen molar-refractivity contribution in [3.05, 3.63) is 24.3 Å². The van der Waals surface area contributed by atoms with Crippen molar-refractivity contribution in [1.82, 2.24) is 4.90 Å². The summed E-state index contributed by atoms with van der Waals surface area (Å²) >= 11 is 1.59. The molecule has 0 bridgehead atoms. The van der Waals surface area contributed by atoms with Crippen molar-refractivity contribution >= 4 is 30.1 Å². The predicted molar refractivity (Wildman–Crippen MR) is 98.5 cm³/mol. The van der Waals surface area contributed by atoms with Gasteiger partial charge in [0.05, 0.1) is 12.4 Å². The normalized spacial score (nSPS) is 22.2. The van der Waals surface area contributed by atoms with Crippen LogP contribution >= 0.6 is 24.2 Å². The molecule has 1 saturated heterocycles. The molecule has 2 N–H and O–H groups in total. The zero-order chi connectivity index (χ0) is 16.1. The van der Waals surface area contributed by atoms with Crippen molar-refractivity contribution in [2.24, 2.45) is 11.7 Å². The van der Waals surface area contributed by atoms with E-state index in [1.54, 1.807) is 18.9 Å². The number of carbonyl (C=O) groups excluding carboxylic acids is 1. The van der Waals surface area contributed by atoms with E-state index in [1.807, 2.05) is 36.1 Å². The smallest absolute Gasteiger partial charge is 0.236 e. The summed E-state index contributed by atoms with van der Waals surface area (Å²) in [6.45, 7) is 5.59. The first kappa shape index (κ1) is 20.1. The van der Waals surface area contributed by atoms with Crippen LogP contribution < -0.4 is 10.5 Å². The van der Waals surface area contributed by atoms with Crippen LogP contribution in [0.1, 0.15) is 26.7 Å². The zero-order valence-corrected chi connectivity index (χ0v) is 15.7. The van der Waals surface area contributed by atoms with Gasteiger partial charge in [-0.15, -0.1) is 24.2 Å². The molecule has 0 aliphatic carbocycles. The molecule has 0 aromatic heterocycles. The molecule has 1 aromatic rings. The average Bonchev–Trinajstić information content (AvgIpc) is 2.54. The first-order chi connectivity index (χ1) is 10.5. The minimum atomic E-state index is -0.101. The molecule has 130 valence electrons. The van der Waals surface area contributed by atoms with Crippen LogP contribution in [0.4, 0.5) is 0 Å². The number of benzene rings is 1. The van der Waals surface area contributed by atoms with E-state index in [-0.39, 0.29) is 29.6 Å². The molecule has 1 heterocycles. The number of nitrogens with two attached hydrogens (primary N) is 1. The molecule has 1 fully saturated rings. The molecule has 0 spiro atoms. The second-order valence-electron chi connectivity index (χ2n) is 5.99. The van der Waals surface area contributed by atoms with E-state index < -0.39 is 0 Å². The van der Waals surface area contributed by atoms with Gasteiger partial charge in [-0.2, -0.15) is 0 Å². The summed E-state index contributed by atoms with van der Waals surface area (Å²) in [7, 11) is 1.65. The predicted octanol–water partition coefficient (Wildman–Crippen LogP) is 3.18. The molecule has 6 heteroatoms. The van der Waals surface area contributed by atoms with E-state index in [4.69, 9.17) is 10.5 Å². The van der Waals surface area contributed by atoms with Crippen LogP contribution in [0.5, 0.6) is 5.75 Å². The van der Waals surface area contributed by atoms with Gasteiger partial charge in [0.25, 0.3) is 0 Å². The van der Waals surface area contributed by atoms with E-state index in [9.17, 15) is 4.79 Å². The molecule has 1 aromatic carbocycles. The highest BCUT2D eigenvalue weighted by Crippen LogP contribution is 2.29. The third kappa shape index (κ3) is 5.30. The largest absolute Gasteiger partial charge is 0.497 e. The topological polar surface area (TPSA) is 55.6 Å².